The van der Waals surface area contributed by atoms with E-state index in [1.165, 1.54) is 0 Å². The van der Waals surface area contributed by atoms with Gasteiger partial charge < -0.3 is 18.7 Å². The maximum atomic E-state index is 11.1. The molecular formula is C2H6BF3N-. The Morgan fingerprint density at radius 3 is 1.57 bits per heavy atom. The van der Waals surface area contributed by atoms with Gasteiger partial charge >= 0.3 is 6.98 Å². The first-order valence-corrected chi connectivity index (χ1v) is 1.90. The fraction of sp³-hybridized carbons (Fsp3) is 1.00. The van der Waals surface area contributed by atoms with Crippen LogP contribution in [-0.2, 0) is 0 Å². The summed E-state index contributed by atoms with van der Waals surface area (Å²) in [5.74, 6) is -1.64. The highest BCUT2D eigenvalue weighted by molar-refractivity contribution is 6.60. The van der Waals surface area contributed by atoms with Crippen LogP contribution in [0.2, 0.25) is 0 Å². The van der Waals surface area contributed by atoms with E-state index in [0.717, 1.165) is 6.92 Å². The smallest absolute Gasteiger partial charge is 0.448 e. The lowest BCUT2D eigenvalue weighted by Crippen LogP contribution is -2.39. The second-order valence-electron chi connectivity index (χ2n) is 1.48. The van der Waals surface area contributed by atoms with Gasteiger partial charge in [-0.2, -0.15) is 0 Å². The van der Waals surface area contributed by atoms with E-state index in [1.807, 2.05) is 0 Å². The number of hydrogen-bond donors (Lipinski definition) is 1. The van der Waals surface area contributed by atoms with Crippen molar-refractivity contribution >= 4 is 6.98 Å². The van der Waals surface area contributed by atoms with E-state index in [2.05, 4.69) is 5.73 Å². The van der Waals surface area contributed by atoms with E-state index in [1.54, 1.807) is 0 Å². The number of rotatable bonds is 1. The molecule has 0 rings (SSSR count). The van der Waals surface area contributed by atoms with Gasteiger partial charge in [0.25, 0.3) is 0 Å². The van der Waals surface area contributed by atoms with Gasteiger partial charge in [-0.15, -0.1) is 0 Å². The van der Waals surface area contributed by atoms with Crippen LogP contribution in [0, 0.1) is 0 Å². The Hall–Kier alpha value is -0.185. The molecule has 0 saturated heterocycles. The summed E-state index contributed by atoms with van der Waals surface area (Å²) in [4.78, 5) is 0. The van der Waals surface area contributed by atoms with Crippen LogP contribution in [0.25, 0.3) is 0 Å². The maximum absolute atomic E-state index is 11.1. The van der Waals surface area contributed by atoms with E-state index >= 15 is 0 Å². The van der Waals surface area contributed by atoms with Crippen molar-refractivity contribution in [3.05, 3.63) is 0 Å². The Bertz CT molecular complexity index is 58.4. The number of halogens is 3. The second kappa shape index (κ2) is 1.73. The zero-order chi connectivity index (χ0) is 6.08. The van der Waals surface area contributed by atoms with Gasteiger partial charge in [0.1, 0.15) is 0 Å². The normalized spacial score (nSPS) is 16.7. The lowest BCUT2D eigenvalue weighted by molar-refractivity contribution is 0.445. The largest absolute Gasteiger partial charge is 0.494 e. The van der Waals surface area contributed by atoms with Crippen LogP contribution in [-0.4, -0.2) is 12.9 Å². The van der Waals surface area contributed by atoms with Gasteiger partial charge in [-0.3, -0.25) is 0 Å². The first kappa shape index (κ1) is 6.81. The first-order chi connectivity index (χ1) is 2.94. The third kappa shape index (κ3) is 2.50. The summed E-state index contributed by atoms with van der Waals surface area (Å²) in [6.45, 7) is -3.85. The highest BCUT2D eigenvalue weighted by Gasteiger charge is 2.27. The van der Waals surface area contributed by atoms with Crippen molar-refractivity contribution in [3.8, 4) is 0 Å². The van der Waals surface area contributed by atoms with E-state index in [-0.39, 0.29) is 0 Å². The van der Waals surface area contributed by atoms with Crippen LogP contribution in [0.15, 0.2) is 0 Å². The van der Waals surface area contributed by atoms with Gasteiger partial charge in [0.15, 0.2) is 0 Å². The minimum atomic E-state index is -4.78. The van der Waals surface area contributed by atoms with Crippen LogP contribution >= 0.6 is 0 Å². The van der Waals surface area contributed by atoms with Crippen molar-refractivity contribution < 1.29 is 12.9 Å². The van der Waals surface area contributed by atoms with Crippen molar-refractivity contribution in [2.24, 2.45) is 5.73 Å². The molecule has 0 bridgehead atoms. The lowest BCUT2D eigenvalue weighted by atomic mass is 9.81. The molecule has 0 fully saturated rings. The third-order valence-electron chi connectivity index (χ3n) is 0.596. The Balaban J connectivity index is 3.54. The van der Waals surface area contributed by atoms with Gasteiger partial charge in [0, 0.05) is 0 Å². The molecular weight excluding hydrogens is 105 g/mol. The molecule has 0 saturated carbocycles. The predicted molar refractivity (Wildman–Crippen MR) is 22.7 cm³/mol. The van der Waals surface area contributed by atoms with Crippen LogP contribution in [0.5, 0.6) is 0 Å². The highest BCUT2D eigenvalue weighted by atomic mass is 19.3. The molecule has 0 aliphatic carbocycles. The molecule has 1 atom stereocenters. The average molecular weight is 111 g/mol. The van der Waals surface area contributed by atoms with Crippen LogP contribution in [0.1, 0.15) is 6.92 Å². The monoisotopic (exact) mass is 111 g/mol. The summed E-state index contributed by atoms with van der Waals surface area (Å²) in [5, 5.41) is 0. The van der Waals surface area contributed by atoms with Crippen molar-refractivity contribution in [2.45, 2.75) is 12.9 Å². The van der Waals surface area contributed by atoms with Crippen molar-refractivity contribution in [1.82, 2.24) is 0 Å². The summed E-state index contributed by atoms with van der Waals surface area (Å²) in [6.07, 6.45) is 0. The van der Waals surface area contributed by atoms with E-state index in [4.69, 9.17) is 0 Å². The molecule has 7 heavy (non-hydrogen) atoms. The third-order valence-corrected chi connectivity index (χ3v) is 0.596. The van der Waals surface area contributed by atoms with Gasteiger partial charge in [-0.1, -0.05) is 6.92 Å². The van der Waals surface area contributed by atoms with E-state index in [0.29, 0.717) is 0 Å². The lowest BCUT2D eigenvalue weighted by Gasteiger charge is -2.16. The molecule has 5 heteroatoms. The van der Waals surface area contributed by atoms with Gasteiger partial charge in [-0.25, -0.2) is 0 Å². The SMILES string of the molecule is C[C@H](N)[B-](F)(F)[18F]. The molecule has 0 heterocycles. The minimum Gasteiger partial charge on any atom is -0.448 e. The van der Waals surface area contributed by atoms with Crippen LogP contribution < -0.4 is 5.73 Å². The van der Waals surface area contributed by atoms with Gasteiger partial charge in [-0.05, 0) is 5.94 Å². The molecule has 44 valence electrons. The molecule has 0 radical (unpaired) electrons. The molecule has 1 nitrogen and oxygen atoms in total. The molecule has 2 N–H and O–H groups in total. The predicted octanol–water partition coefficient (Wildman–Crippen LogP) is 0.720. The molecule has 0 amide bonds. The highest BCUT2D eigenvalue weighted by Crippen LogP contribution is 2.10. The molecule has 0 aromatic carbocycles. The summed E-state index contributed by atoms with van der Waals surface area (Å²) in [5.41, 5.74) is 4.47. The average Bonchev–Trinajstić information content (AvgIpc) is 1.31. The summed E-state index contributed by atoms with van der Waals surface area (Å²) in [6, 6.07) is 0. The van der Waals surface area contributed by atoms with Crippen molar-refractivity contribution in [1.29, 1.82) is 0 Å². The molecule has 0 aromatic heterocycles. The maximum Gasteiger partial charge on any atom is 0.494 e. The molecule has 0 aliphatic rings. The summed E-state index contributed by atoms with van der Waals surface area (Å²) < 4.78 is 33.3. The zero-order valence-electron chi connectivity index (χ0n) is 3.87. The second-order valence-corrected chi connectivity index (χ2v) is 1.48. The van der Waals surface area contributed by atoms with Gasteiger partial charge in [0.05, 0.1) is 0 Å². The summed E-state index contributed by atoms with van der Waals surface area (Å²) >= 11 is 0. The first-order valence-electron chi connectivity index (χ1n) is 1.90. The van der Waals surface area contributed by atoms with Crippen molar-refractivity contribution in [2.75, 3.05) is 0 Å². The molecule has 0 unspecified atom stereocenters. The standard InChI is InChI=1S/C2H6BF3N/c1-2(7)3(4,5)6/h2H,7H2,1H3/q-1/t2-/m0/s1/i4-1. The Labute approximate surface area is 39.7 Å². The number of nitrogens with two attached hydrogens (primary N) is 1. The minimum absolute atomic E-state index is 0.931. The van der Waals surface area contributed by atoms with E-state index in [9.17, 15) is 12.9 Å². The van der Waals surface area contributed by atoms with E-state index < -0.39 is 12.9 Å². The van der Waals surface area contributed by atoms with Crippen LogP contribution in [0.3, 0.4) is 0 Å². The number of hydrogen-bond acceptors (Lipinski definition) is 1. The molecule has 0 aliphatic heterocycles. The Kier molecular flexibility index (Phi) is 1.69. The molecule has 0 aromatic rings. The zero-order valence-corrected chi connectivity index (χ0v) is 3.87. The van der Waals surface area contributed by atoms with Crippen molar-refractivity contribution in [3.63, 3.8) is 0 Å². The van der Waals surface area contributed by atoms with Crippen LogP contribution in [0.4, 0.5) is 12.9 Å². The Morgan fingerprint density at radius 1 is 1.43 bits per heavy atom. The molecule has 0 spiro atoms. The van der Waals surface area contributed by atoms with Gasteiger partial charge in [0.2, 0.25) is 0 Å². The fourth-order valence-electron chi connectivity index (χ4n) is 0. The Morgan fingerprint density at radius 2 is 1.57 bits per heavy atom. The summed E-state index contributed by atoms with van der Waals surface area (Å²) in [7, 11) is 0. The quantitative estimate of drug-likeness (QED) is 0.495. The topological polar surface area (TPSA) is 26.0 Å². The fourth-order valence-corrected chi connectivity index (χ4v) is 0.